The van der Waals surface area contributed by atoms with Crippen LogP contribution in [0.4, 0.5) is 0 Å². The van der Waals surface area contributed by atoms with Crippen molar-refractivity contribution in [2.45, 2.75) is 55.4 Å². The van der Waals surface area contributed by atoms with E-state index in [1.165, 1.54) is 0 Å². The molecule has 0 saturated carbocycles. The van der Waals surface area contributed by atoms with Gasteiger partial charge in [-0.05, 0) is 213 Å². The second-order valence-corrected chi connectivity index (χ2v) is 25.2. The summed E-state index contributed by atoms with van der Waals surface area (Å²) in [6.07, 6.45) is 0. The fraction of sp³-hybridized carbons (Fsp3) is 0.0952. The predicted octanol–water partition coefficient (Wildman–Crippen LogP) is 22.3. The Morgan fingerprint density at radius 1 is 0.225 bits per heavy atom. The van der Waals surface area contributed by atoms with E-state index in [9.17, 15) is 0 Å². The van der Waals surface area contributed by atoms with Gasteiger partial charge in [0.2, 0.25) is 0 Å². The van der Waals surface area contributed by atoms with E-state index in [2.05, 4.69) is 274 Å². The Morgan fingerprint density at radius 3 is 0.596 bits per heavy atom. The molecule has 3 aliphatic rings. The van der Waals surface area contributed by atoms with Gasteiger partial charge in [0.1, 0.15) is 0 Å². The standard InChI is InChI=1S/C84H60N4.Pt/c1-45-25-46(2)30-61(29-45)73-77-65-37-53-17-9-11-19-55(53)39-67(65)79(85-77)74(62-31-47(3)26-48(4)32-62)81-69-41-57-21-13-15-23-59(57)43-71(69)83(87-81)76(64-35-51(7)28-52(8)36-64)84-72-44-60-24-16-14-22-58(60)42-70(72)82(88-84)75(63-33-49(5)27-50(6)34-63)80-68-40-56-20-12-10-18-54(56)38-66(68)78(73)86-80;/h9-44H,1-8H3;/q-2;+2. The van der Waals surface area contributed by atoms with Crippen LogP contribution in [0, 0.1) is 55.4 Å². The minimum atomic E-state index is 0. The topological polar surface area (TPSA) is 54.0 Å². The van der Waals surface area contributed by atoms with Gasteiger partial charge in [-0.1, -0.05) is 214 Å². The molecule has 0 radical (unpaired) electrons. The van der Waals surface area contributed by atoms with Crippen molar-refractivity contribution in [1.82, 2.24) is 19.9 Å². The van der Waals surface area contributed by atoms with Crippen molar-refractivity contribution in [3.05, 3.63) is 263 Å². The zero-order valence-electron chi connectivity index (χ0n) is 50.9. The van der Waals surface area contributed by atoms with Crippen LogP contribution >= 0.6 is 0 Å². The fourth-order valence-electron chi connectivity index (χ4n) is 15.0. The summed E-state index contributed by atoms with van der Waals surface area (Å²) >= 11 is 0. The molecule has 426 valence electrons. The van der Waals surface area contributed by atoms with E-state index in [4.69, 9.17) is 19.9 Å². The average Bonchev–Trinajstić information content (AvgIpc) is 1.58. The van der Waals surface area contributed by atoms with E-state index in [-0.39, 0.29) is 21.1 Å². The Balaban J connectivity index is 0.00000636. The van der Waals surface area contributed by atoms with Crippen LogP contribution in [0.5, 0.6) is 0 Å². The molecule has 4 heterocycles. The first-order valence-electron chi connectivity index (χ1n) is 30.6. The van der Waals surface area contributed by atoms with Gasteiger partial charge in [0.25, 0.3) is 0 Å². The monoisotopic (exact) mass is 1320 g/mol. The van der Waals surface area contributed by atoms with Gasteiger partial charge in [0.15, 0.2) is 0 Å². The third-order valence-corrected chi connectivity index (χ3v) is 18.4. The average molecular weight is 1320 g/mol. The van der Waals surface area contributed by atoms with Crippen LogP contribution in [-0.2, 0) is 21.1 Å². The van der Waals surface area contributed by atoms with Gasteiger partial charge in [-0.3, -0.25) is 0 Å². The van der Waals surface area contributed by atoms with Crippen molar-refractivity contribution in [2.24, 2.45) is 0 Å². The van der Waals surface area contributed by atoms with Gasteiger partial charge in [0.05, 0.1) is 22.8 Å². The normalized spacial score (nSPS) is 12.0. The fourth-order valence-corrected chi connectivity index (χ4v) is 15.0. The third-order valence-electron chi connectivity index (χ3n) is 18.4. The summed E-state index contributed by atoms with van der Waals surface area (Å²) < 4.78 is 0. The van der Waals surface area contributed by atoms with Crippen molar-refractivity contribution >= 4 is 86.7 Å². The van der Waals surface area contributed by atoms with Crippen LogP contribution in [0.1, 0.15) is 44.5 Å². The number of hydrogen-bond acceptors (Lipinski definition) is 2. The summed E-state index contributed by atoms with van der Waals surface area (Å²) in [6.45, 7) is 17.7. The number of benzene rings is 12. The number of aryl methyl sites for hydroxylation is 8. The first-order valence-corrected chi connectivity index (χ1v) is 30.6. The summed E-state index contributed by atoms with van der Waals surface area (Å²) in [5.74, 6) is 0. The molecule has 0 fully saturated rings. The van der Waals surface area contributed by atoms with Gasteiger partial charge in [-0.25, -0.2) is 9.97 Å². The summed E-state index contributed by atoms with van der Waals surface area (Å²) in [7, 11) is 0. The molecule has 12 aromatic carbocycles. The molecule has 1 aliphatic carbocycles. The predicted molar refractivity (Wildman–Crippen MR) is 372 cm³/mol. The molecule has 0 unspecified atom stereocenters. The summed E-state index contributed by atoms with van der Waals surface area (Å²) in [5, 5.41) is 13.3. The molecule has 0 spiro atoms. The van der Waals surface area contributed by atoms with Gasteiger partial charge >= 0.3 is 21.1 Å². The van der Waals surface area contributed by atoms with Crippen LogP contribution in [0.15, 0.2) is 218 Å². The van der Waals surface area contributed by atoms with Crippen molar-refractivity contribution in [1.29, 1.82) is 0 Å². The van der Waals surface area contributed by atoms with Crippen LogP contribution in [0.2, 0.25) is 0 Å². The maximum Gasteiger partial charge on any atom is 2.00 e. The number of nitrogens with zero attached hydrogens (tertiary/aromatic N) is 4. The Bertz CT molecular complexity index is 5010. The Kier molecular flexibility index (Phi) is 12.6. The van der Waals surface area contributed by atoms with Gasteiger partial charge in [-0.15, -0.1) is 22.1 Å². The number of hydrogen-bond donors (Lipinski definition) is 0. The molecular formula is C84H60N4Pt. The van der Waals surface area contributed by atoms with E-state index >= 15 is 0 Å². The van der Waals surface area contributed by atoms with Crippen molar-refractivity contribution < 1.29 is 21.1 Å². The Labute approximate surface area is 531 Å². The SMILES string of the molecule is Cc1cc(C)cc(-c2c3nc(c(-c4cc(C)cc(C)c4)c4[n-]c(c(-c5cc(C)cc(C)c5)c5nc(c(-c6cc(C)cc(C)c6)c6[n-]c2c2cc7ccccc7cc62)-c2cc6ccccc6cc2-5)c2cc5ccccc5cc42)-c2cc4ccccc4cc2-3)c1.[Pt+2]. The maximum atomic E-state index is 6.29. The smallest absolute Gasteiger partial charge is 0.656 e. The van der Waals surface area contributed by atoms with Crippen LogP contribution in [-0.4, -0.2) is 9.97 Å². The van der Waals surface area contributed by atoms with Crippen molar-refractivity contribution in [2.75, 3.05) is 0 Å². The zero-order valence-corrected chi connectivity index (χ0v) is 53.2. The molecule has 0 atom stereocenters. The van der Waals surface area contributed by atoms with E-state index < -0.39 is 0 Å². The minimum Gasteiger partial charge on any atom is -0.656 e. The van der Waals surface area contributed by atoms with Crippen molar-refractivity contribution in [3.8, 4) is 89.5 Å². The largest absolute Gasteiger partial charge is 2.00 e. The first-order chi connectivity index (χ1) is 42.8. The molecule has 17 rings (SSSR count). The van der Waals surface area contributed by atoms with E-state index in [1.54, 1.807) is 0 Å². The molecular weight excluding hydrogens is 1260 g/mol. The molecule has 0 amide bonds. The van der Waals surface area contributed by atoms with Crippen LogP contribution in [0.3, 0.4) is 0 Å². The Morgan fingerprint density at radius 2 is 0.404 bits per heavy atom. The van der Waals surface area contributed by atoms with E-state index in [1.807, 2.05) is 0 Å². The minimum absolute atomic E-state index is 0. The second kappa shape index (κ2) is 20.6. The third kappa shape index (κ3) is 8.82. The van der Waals surface area contributed by atoms with Crippen LogP contribution < -0.4 is 9.97 Å². The number of rotatable bonds is 4. The first kappa shape index (κ1) is 54.4. The van der Waals surface area contributed by atoms with Crippen molar-refractivity contribution in [3.63, 3.8) is 0 Å². The summed E-state index contributed by atoms with van der Waals surface area (Å²) in [5.41, 5.74) is 28.6. The summed E-state index contributed by atoms with van der Waals surface area (Å²) in [4.78, 5) is 25.2. The number of fused-ring (bicyclic) bond motifs is 4. The Hall–Kier alpha value is -9.99. The molecule has 89 heavy (non-hydrogen) atoms. The molecule has 2 aromatic heterocycles. The second-order valence-electron chi connectivity index (χ2n) is 25.2. The quantitative estimate of drug-likeness (QED) is 0.176. The molecule has 14 aromatic rings. The van der Waals surface area contributed by atoms with Gasteiger partial charge in [-0.2, -0.15) is 0 Å². The molecule has 0 saturated heterocycles. The maximum absolute atomic E-state index is 6.29. The van der Waals surface area contributed by atoms with E-state index in [0.29, 0.717) is 0 Å². The number of aromatic nitrogens is 4. The van der Waals surface area contributed by atoms with Gasteiger partial charge in [0, 0.05) is 22.3 Å². The molecule has 2 aliphatic heterocycles. The molecule has 4 nitrogen and oxygen atoms in total. The molecule has 0 N–H and O–H groups in total. The van der Waals surface area contributed by atoms with Gasteiger partial charge < -0.3 is 9.97 Å². The van der Waals surface area contributed by atoms with E-state index in [0.717, 1.165) is 221 Å². The molecule has 8 bridgehead atoms. The molecule has 5 heteroatoms. The zero-order chi connectivity index (χ0) is 59.4. The van der Waals surface area contributed by atoms with Crippen LogP contribution in [0.25, 0.3) is 176 Å². The summed E-state index contributed by atoms with van der Waals surface area (Å²) in [6, 6.07) is 81.9.